The van der Waals surface area contributed by atoms with Gasteiger partial charge in [0.1, 0.15) is 22.2 Å². The number of carboxylic acid groups (broad SMARTS) is 1. The Labute approximate surface area is 169 Å². The Bertz CT molecular complexity index is 998. The van der Waals surface area contributed by atoms with Gasteiger partial charge in [-0.25, -0.2) is 9.78 Å². The molecule has 0 saturated heterocycles. The summed E-state index contributed by atoms with van der Waals surface area (Å²) in [5, 5.41) is 9.92. The lowest BCUT2D eigenvalue weighted by Crippen LogP contribution is -2.13. The zero-order valence-corrected chi connectivity index (χ0v) is 17.7. The third-order valence-corrected chi connectivity index (χ3v) is 5.72. The molecule has 0 atom stereocenters. The van der Waals surface area contributed by atoms with Gasteiger partial charge in [0.05, 0.1) is 5.69 Å². The van der Waals surface area contributed by atoms with Crippen LogP contribution in [-0.4, -0.2) is 16.1 Å². The Morgan fingerprint density at radius 3 is 2.36 bits per heavy atom. The fourth-order valence-corrected chi connectivity index (χ4v) is 3.89. The highest BCUT2D eigenvalue weighted by Crippen LogP contribution is 2.33. The first-order valence-electron chi connectivity index (χ1n) is 9.19. The second-order valence-corrected chi connectivity index (χ2v) is 8.97. The van der Waals surface area contributed by atoms with Crippen LogP contribution in [0.4, 0.5) is 0 Å². The maximum absolute atomic E-state index is 11.2. The van der Waals surface area contributed by atoms with Gasteiger partial charge in [0, 0.05) is 5.56 Å². The molecule has 0 radical (unpaired) electrons. The van der Waals surface area contributed by atoms with Crippen LogP contribution in [0.2, 0.25) is 0 Å². The Hall–Kier alpha value is -2.66. The number of hydrogen-bond acceptors (Lipinski definition) is 4. The molecule has 0 bridgehead atoms. The maximum atomic E-state index is 11.2. The number of nitrogens with zero attached hydrogens (tertiary/aromatic N) is 1. The molecule has 0 spiro atoms. The number of aryl methyl sites for hydroxylation is 2. The quantitative estimate of drug-likeness (QED) is 0.575. The Morgan fingerprint density at radius 1 is 1.11 bits per heavy atom. The smallest absolute Gasteiger partial charge is 0.347 e. The highest BCUT2D eigenvalue weighted by atomic mass is 32.1. The predicted molar refractivity (Wildman–Crippen MR) is 113 cm³/mol. The van der Waals surface area contributed by atoms with Gasteiger partial charge < -0.3 is 9.84 Å². The van der Waals surface area contributed by atoms with E-state index in [2.05, 4.69) is 44.8 Å². The summed E-state index contributed by atoms with van der Waals surface area (Å²) in [5.74, 6) is -0.0251. The van der Waals surface area contributed by atoms with E-state index in [1.165, 1.54) is 22.5 Å². The number of aromatic nitrogens is 1. The van der Waals surface area contributed by atoms with Crippen molar-refractivity contribution in [2.24, 2.45) is 0 Å². The average molecular weight is 396 g/mol. The molecular formula is C23H25NO3S. The van der Waals surface area contributed by atoms with Crippen molar-refractivity contribution in [3.63, 3.8) is 0 Å². The molecule has 1 N–H and O–H groups in total. The van der Waals surface area contributed by atoms with E-state index in [1.807, 2.05) is 30.3 Å². The summed E-state index contributed by atoms with van der Waals surface area (Å²) in [6.45, 7) is 10.8. The van der Waals surface area contributed by atoms with Gasteiger partial charge in [-0.15, -0.1) is 11.3 Å². The molecule has 5 heteroatoms. The molecule has 3 aromatic rings. The molecular weight excluding hydrogens is 370 g/mol. The van der Waals surface area contributed by atoms with Gasteiger partial charge in [-0.3, -0.25) is 0 Å². The first kappa shape index (κ1) is 20.1. The number of rotatable bonds is 5. The van der Waals surface area contributed by atoms with Crippen molar-refractivity contribution < 1.29 is 14.6 Å². The summed E-state index contributed by atoms with van der Waals surface area (Å²) in [4.78, 5) is 15.9. The normalized spacial score (nSPS) is 11.5. The Kier molecular flexibility index (Phi) is 5.57. The molecule has 0 unspecified atom stereocenters. The maximum Gasteiger partial charge on any atom is 0.347 e. The van der Waals surface area contributed by atoms with Gasteiger partial charge in [0.2, 0.25) is 0 Å². The van der Waals surface area contributed by atoms with Crippen molar-refractivity contribution in [1.82, 2.24) is 4.98 Å². The first-order chi connectivity index (χ1) is 13.1. The van der Waals surface area contributed by atoms with E-state index >= 15 is 0 Å². The third-order valence-electron chi connectivity index (χ3n) is 4.53. The number of carboxylic acids is 1. The number of hydrogen-bond donors (Lipinski definition) is 1. The minimum absolute atomic E-state index is 0.00968. The summed E-state index contributed by atoms with van der Waals surface area (Å²) in [7, 11) is 0. The fraction of sp³-hybridized carbons (Fsp3) is 0.304. The number of thiazole rings is 1. The highest BCUT2D eigenvalue weighted by molar-refractivity contribution is 7.17. The zero-order valence-electron chi connectivity index (χ0n) is 16.9. The van der Waals surface area contributed by atoms with Crippen molar-refractivity contribution in [3.05, 3.63) is 69.7 Å². The SMILES string of the molecule is Cc1ccc(OCc2ccc(-c3nc(C)c(C(=O)O)s3)cc2)c(C(C)(C)C)c1. The minimum Gasteiger partial charge on any atom is -0.489 e. The predicted octanol–water partition coefficient (Wildman–Crippen LogP) is 6.00. The summed E-state index contributed by atoms with van der Waals surface area (Å²) < 4.78 is 6.11. The lowest BCUT2D eigenvalue weighted by molar-refractivity contribution is 0.0701. The third kappa shape index (κ3) is 4.42. The van der Waals surface area contributed by atoms with E-state index in [-0.39, 0.29) is 10.3 Å². The average Bonchev–Trinajstić information content (AvgIpc) is 3.02. The number of ether oxygens (including phenoxy) is 1. The van der Waals surface area contributed by atoms with Crippen molar-refractivity contribution in [3.8, 4) is 16.3 Å². The molecule has 146 valence electrons. The molecule has 0 amide bonds. The van der Waals surface area contributed by atoms with Crippen molar-refractivity contribution in [1.29, 1.82) is 0 Å². The van der Waals surface area contributed by atoms with Gasteiger partial charge in [0.25, 0.3) is 0 Å². The molecule has 2 aromatic carbocycles. The van der Waals surface area contributed by atoms with Crippen LogP contribution in [-0.2, 0) is 12.0 Å². The van der Waals surface area contributed by atoms with Gasteiger partial charge in [0.15, 0.2) is 0 Å². The van der Waals surface area contributed by atoms with Gasteiger partial charge >= 0.3 is 5.97 Å². The molecule has 0 aliphatic carbocycles. The van der Waals surface area contributed by atoms with E-state index in [9.17, 15) is 9.90 Å². The largest absolute Gasteiger partial charge is 0.489 e. The molecule has 28 heavy (non-hydrogen) atoms. The molecule has 0 saturated carbocycles. The summed E-state index contributed by atoms with van der Waals surface area (Å²) >= 11 is 1.20. The van der Waals surface area contributed by atoms with Crippen molar-refractivity contribution in [2.75, 3.05) is 0 Å². The van der Waals surface area contributed by atoms with Gasteiger partial charge in [-0.05, 0) is 36.5 Å². The second-order valence-electron chi connectivity index (χ2n) is 7.97. The topological polar surface area (TPSA) is 59.4 Å². The number of aromatic carboxylic acids is 1. The van der Waals surface area contributed by atoms with E-state index in [1.54, 1.807) is 6.92 Å². The van der Waals surface area contributed by atoms with Crippen LogP contribution >= 0.6 is 11.3 Å². The van der Waals surface area contributed by atoms with Crippen LogP contribution in [0.3, 0.4) is 0 Å². The van der Waals surface area contributed by atoms with Crippen LogP contribution in [0.5, 0.6) is 5.75 Å². The van der Waals surface area contributed by atoms with Crippen molar-refractivity contribution in [2.45, 2.75) is 46.6 Å². The Balaban J connectivity index is 1.76. The van der Waals surface area contributed by atoms with Crippen LogP contribution in [0, 0.1) is 13.8 Å². The minimum atomic E-state index is -0.931. The lowest BCUT2D eigenvalue weighted by atomic mass is 9.85. The van der Waals surface area contributed by atoms with Crippen molar-refractivity contribution >= 4 is 17.3 Å². The first-order valence-corrected chi connectivity index (χ1v) is 10.0. The molecule has 1 aromatic heterocycles. The van der Waals surface area contributed by atoms with Crippen LogP contribution in [0.25, 0.3) is 10.6 Å². The van der Waals surface area contributed by atoms with Crippen LogP contribution in [0.1, 0.15) is 52.8 Å². The van der Waals surface area contributed by atoms with Crippen LogP contribution < -0.4 is 4.74 Å². The van der Waals surface area contributed by atoms with E-state index in [0.29, 0.717) is 12.3 Å². The molecule has 3 rings (SSSR count). The lowest BCUT2D eigenvalue weighted by Gasteiger charge is -2.23. The van der Waals surface area contributed by atoms with E-state index in [4.69, 9.17) is 4.74 Å². The molecule has 0 aliphatic rings. The Morgan fingerprint density at radius 2 is 1.79 bits per heavy atom. The second kappa shape index (κ2) is 7.76. The summed E-state index contributed by atoms with van der Waals surface area (Å²) in [5.41, 5.74) is 4.94. The fourth-order valence-electron chi connectivity index (χ4n) is 2.98. The van der Waals surface area contributed by atoms with Gasteiger partial charge in [-0.1, -0.05) is 62.7 Å². The molecule has 0 aliphatic heterocycles. The monoisotopic (exact) mass is 395 g/mol. The van der Waals surface area contributed by atoms with E-state index in [0.717, 1.165) is 21.9 Å². The number of benzene rings is 2. The van der Waals surface area contributed by atoms with Gasteiger partial charge in [-0.2, -0.15) is 0 Å². The molecule has 4 nitrogen and oxygen atoms in total. The van der Waals surface area contributed by atoms with E-state index < -0.39 is 5.97 Å². The highest BCUT2D eigenvalue weighted by Gasteiger charge is 2.19. The summed E-state index contributed by atoms with van der Waals surface area (Å²) in [6, 6.07) is 14.2. The van der Waals surface area contributed by atoms with Crippen LogP contribution in [0.15, 0.2) is 42.5 Å². The summed E-state index contributed by atoms with van der Waals surface area (Å²) in [6.07, 6.45) is 0. The molecule has 1 heterocycles. The zero-order chi connectivity index (χ0) is 20.5. The standard InChI is InChI=1S/C23H25NO3S/c1-14-6-11-19(18(12-14)23(3,4)5)27-13-16-7-9-17(10-8-16)21-24-15(2)20(28-21)22(25)26/h6-12H,13H2,1-5H3,(H,25,26). The molecule has 0 fully saturated rings. The number of carbonyl (C=O) groups is 1.